The van der Waals surface area contributed by atoms with Gasteiger partial charge in [-0.2, -0.15) is 0 Å². The summed E-state index contributed by atoms with van der Waals surface area (Å²) in [6, 6.07) is 8.24. The average Bonchev–Trinajstić information content (AvgIpc) is 2.63. The van der Waals surface area contributed by atoms with Crippen molar-refractivity contribution in [3.8, 4) is 0 Å². The topological polar surface area (TPSA) is 61.3 Å². The lowest BCUT2D eigenvalue weighted by molar-refractivity contribution is 0.262. The fourth-order valence-corrected chi connectivity index (χ4v) is 3.23. The molecule has 3 rings (SSSR count). The van der Waals surface area contributed by atoms with Crippen molar-refractivity contribution in [2.45, 2.75) is 38.3 Å². The zero-order chi connectivity index (χ0) is 16.8. The summed E-state index contributed by atoms with van der Waals surface area (Å²) in [5.41, 5.74) is 1.10. The average molecular weight is 347 g/mol. The van der Waals surface area contributed by atoms with Gasteiger partial charge in [-0.25, -0.2) is 9.97 Å². The van der Waals surface area contributed by atoms with Crippen LogP contribution in [-0.4, -0.2) is 34.3 Å². The van der Waals surface area contributed by atoms with Gasteiger partial charge in [0, 0.05) is 38.1 Å². The lowest BCUT2D eigenvalue weighted by Crippen LogP contribution is -2.40. The number of pyridine rings is 2. The minimum atomic E-state index is 0.233. The molecule has 3 heterocycles. The minimum Gasteiger partial charge on any atom is -0.396 e. The third kappa shape index (κ3) is 4.36. The second-order valence-corrected chi connectivity index (χ2v) is 6.53. The summed E-state index contributed by atoms with van der Waals surface area (Å²) < 4.78 is 0. The maximum absolute atomic E-state index is 9.25. The molecule has 0 aromatic carbocycles. The van der Waals surface area contributed by atoms with Gasteiger partial charge in [-0.15, -0.1) is 0 Å². The van der Waals surface area contributed by atoms with Crippen molar-refractivity contribution in [1.82, 2.24) is 9.97 Å². The molecule has 2 aromatic rings. The number of halogens is 1. The van der Waals surface area contributed by atoms with Crippen LogP contribution in [0, 0.1) is 0 Å². The monoisotopic (exact) mass is 346 g/mol. The third-order valence-electron chi connectivity index (χ3n) is 4.39. The van der Waals surface area contributed by atoms with Gasteiger partial charge in [0.25, 0.3) is 0 Å². The highest BCUT2D eigenvalue weighted by Gasteiger charge is 2.22. The van der Waals surface area contributed by atoms with E-state index < -0.39 is 0 Å². The lowest BCUT2D eigenvalue weighted by Gasteiger charge is -2.36. The number of nitrogens with one attached hydrogen (secondary N) is 1. The van der Waals surface area contributed by atoms with E-state index in [1.165, 1.54) is 12.8 Å². The first-order valence-corrected chi connectivity index (χ1v) is 8.82. The van der Waals surface area contributed by atoms with Gasteiger partial charge in [0.2, 0.25) is 0 Å². The third-order valence-corrected chi connectivity index (χ3v) is 4.62. The number of hydrogen-bond donors (Lipinski definition) is 2. The number of hydrogen-bond acceptors (Lipinski definition) is 5. The van der Waals surface area contributed by atoms with E-state index in [9.17, 15) is 5.11 Å². The van der Waals surface area contributed by atoms with E-state index in [1.807, 2.05) is 18.3 Å². The second kappa shape index (κ2) is 8.31. The van der Waals surface area contributed by atoms with Crippen LogP contribution in [0.5, 0.6) is 0 Å². The molecule has 128 valence electrons. The summed E-state index contributed by atoms with van der Waals surface area (Å²) in [6.07, 6.45) is 7.90. The molecule has 1 aliphatic heterocycles. The smallest absolute Gasteiger partial charge is 0.128 e. The molecule has 1 aliphatic rings. The molecular formula is C18H23ClN4O. The Morgan fingerprint density at radius 2 is 2.08 bits per heavy atom. The highest BCUT2D eigenvalue weighted by molar-refractivity contribution is 6.30. The Morgan fingerprint density at radius 1 is 1.17 bits per heavy atom. The Morgan fingerprint density at radius 3 is 2.79 bits per heavy atom. The Hall–Kier alpha value is -1.85. The molecule has 1 saturated heterocycles. The number of anilines is 2. The van der Waals surface area contributed by atoms with Crippen molar-refractivity contribution in [3.63, 3.8) is 0 Å². The van der Waals surface area contributed by atoms with Gasteiger partial charge in [0.1, 0.15) is 11.6 Å². The maximum atomic E-state index is 9.25. The van der Waals surface area contributed by atoms with Crippen LogP contribution in [0.1, 0.15) is 31.2 Å². The molecule has 0 aliphatic carbocycles. The molecule has 2 N–H and O–H groups in total. The van der Waals surface area contributed by atoms with Crippen molar-refractivity contribution in [2.24, 2.45) is 0 Å². The number of rotatable bonds is 6. The minimum absolute atomic E-state index is 0.233. The molecule has 24 heavy (non-hydrogen) atoms. The molecule has 0 saturated carbocycles. The van der Waals surface area contributed by atoms with E-state index in [4.69, 9.17) is 11.6 Å². The van der Waals surface area contributed by atoms with Gasteiger partial charge in [-0.1, -0.05) is 17.7 Å². The van der Waals surface area contributed by atoms with Crippen molar-refractivity contribution in [3.05, 3.63) is 47.2 Å². The van der Waals surface area contributed by atoms with Gasteiger partial charge in [0.05, 0.1) is 5.02 Å². The van der Waals surface area contributed by atoms with Crippen molar-refractivity contribution >= 4 is 23.2 Å². The lowest BCUT2D eigenvalue weighted by atomic mass is 9.99. The van der Waals surface area contributed by atoms with E-state index in [2.05, 4.69) is 32.3 Å². The van der Waals surface area contributed by atoms with E-state index in [0.29, 0.717) is 17.6 Å². The van der Waals surface area contributed by atoms with Gasteiger partial charge in [-0.05, 0) is 49.4 Å². The molecule has 0 radical (unpaired) electrons. The van der Waals surface area contributed by atoms with Crippen LogP contribution in [0.2, 0.25) is 5.02 Å². The standard InChI is InChI=1S/C18H23ClN4O/c19-15-5-6-17(21-13-15)20-11-14-4-7-18(22-12-14)23-9-2-1-3-16(23)8-10-24/h4-7,12-13,16,24H,1-3,8-11H2,(H,20,21). The fourth-order valence-electron chi connectivity index (χ4n) is 3.12. The maximum Gasteiger partial charge on any atom is 0.128 e. The Kier molecular flexibility index (Phi) is 5.88. The Bertz CT molecular complexity index is 630. The fraction of sp³-hybridized carbons (Fsp3) is 0.444. The Labute approximate surface area is 147 Å². The van der Waals surface area contributed by atoms with Crippen molar-refractivity contribution in [2.75, 3.05) is 23.4 Å². The van der Waals surface area contributed by atoms with Gasteiger partial charge in [-0.3, -0.25) is 0 Å². The molecule has 2 aromatic heterocycles. The summed E-state index contributed by atoms with van der Waals surface area (Å²) in [4.78, 5) is 11.2. The van der Waals surface area contributed by atoms with Crippen LogP contribution in [0.3, 0.4) is 0 Å². The van der Waals surface area contributed by atoms with Gasteiger partial charge in [0.15, 0.2) is 0 Å². The highest BCUT2D eigenvalue weighted by Crippen LogP contribution is 2.25. The van der Waals surface area contributed by atoms with E-state index >= 15 is 0 Å². The summed E-state index contributed by atoms with van der Waals surface area (Å²) in [5, 5.41) is 13.1. The van der Waals surface area contributed by atoms with Crippen molar-refractivity contribution < 1.29 is 5.11 Å². The molecule has 1 atom stereocenters. The van der Waals surface area contributed by atoms with Gasteiger partial charge < -0.3 is 15.3 Å². The van der Waals surface area contributed by atoms with Crippen LogP contribution < -0.4 is 10.2 Å². The van der Waals surface area contributed by atoms with Crippen molar-refractivity contribution in [1.29, 1.82) is 0 Å². The number of aromatic nitrogens is 2. The first kappa shape index (κ1) is 17.0. The highest BCUT2D eigenvalue weighted by atomic mass is 35.5. The van der Waals surface area contributed by atoms with Crippen LogP contribution >= 0.6 is 11.6 Å². The molecule has 0 amide bonds. The van der Waals surface area contributed by atoms with Crippen LogP contribution in [0.15, 0.2) is 36.7 Å². The molecule has 5 nitrogen and oxygen atoms in total. The summed E-state index contributed by atoms with van der Waals surface area (Å²) in [7, 11) is 0. The molecule has 0 spiro atoms. The van der Waals surface area contributed by atoms with Gasteiger partial charge >= 0.3 is 0 Å². The quantitative estimate of drug-likeness (QED) is 0.838. The number of piperidine rings is 1. The van der Waals surface area contributed by atoms with Crippen LogP contribution in [0.4, 0.5) is 11.6 Å². The summed E-state index contributed by atoms with van der Waals surface area (Å²) in [5.74, 6) is 1.80. The summed E-state index contributed by atoms with van der Waals surface area (Å²) in [6.45, 7) is 1.92. The van der Waals surface area contributed by atoms with Crippen LogP contribution in [0.25, 0.3) is 0 Å². The zero-order valence-electron chi connectivity index (χ0n) is 13.7. The molecule has 1 unspecified atom stereocenters. The molecular weight excluding hydrogens is 324 g/mol. The number of aliphatic hydroxyl groups is 1. The first-order valence-electron chi connectivity index (χ1n) is 8.44. The Balaban J connectivity index is 1.61. The summed E-state index contributed by atoms with van der Waals surface area (Å²) >= 11 is 5.83. The molecule has 6 heteroatoms. The number of nitrogens with zero attached hydrogens (tertiary/aromatic N) is 3. The van der Waals surface area contributed by atoms with Crippen LogP contribution in [-0.2, 0) is 6.54 Å². The van der Waals surface area contributed by atoms with E-state index in [1.54, 1.807) is 6.20 Å². The molecule has 1 fully saturated rings. The zero-order valence-corrected chi connectivity index (χ0v) is 14.4. The SMILES string of the molecule is OCCC1CCCCN1c1ccc(CNc2ccc(Cl)cn2)cn1. The number of aliphatic hydroxyl groups excluding tert-OH is 1. The van der Waals surface area contributed by atoms with E-state index in [0.717, 1.165) is 36.6 Å². The normalized spacial score (nSPS) is 17.8. The largest absolute Gasteiger partial charge is 0.396 e. The second-order valence-electron chi connectivity index (χ2n) is 6.10. The predicted octanol–water partition coefficient (Wildman–Crippen LogP) is 3.48. The van der Waals surface area contributed by atoms with E-state index in [-0.39, 0.29) is 6.61 Å². The first-order chi connectivity index (χ1) is 11.8. The molecule has 0 bridgehead atoms. The predicted molar refractivity (Wildman–Crippen MR) is 97.5 cm³/mol.